The molecule has 3 aromatic heterocycles. The van der Waals surface area contributed by atoms with E-state index in [0.29, 0.717) is 93.9 Å². The minimum Gasteiger partial charge on any atom is -0.480 e. The van der Waals surface area contributed by atoms with Crippen molar-refractivity contribution in [1.29, 1.82) is 0 Å². The van der Waals surface area contributed by atoms with Gasteiger partial charge in [-0.05, 0) is 29.8 Å². The molecule has 0 amide bonds. The van der Waals surface area contributed by atoms with Crippen LogP contribution in [-0.2, 0) is 29.2 Å². The first-order valence-corrected chi connectivity index (χ1v) is 14.1. The van der Waals surface area contributed by atoms with Crippen LogP contribution < -0.4 is 0 Å². The Bertz CT molecular complexity index is 1460. The van der Waals surface area contributed by atoms with Crippen molar-refractivity contribution in [2.24, 2.45) is 5.11 Å². The fraction of sp³-hybridized carbons (Fsp3) is 0.481. The summed E-state index contributed by atoms with van der Waals surface area (Å²) in [4.78, 5) is 44.3. The molecule has 6 rings (SSSR count). The Morgan fingerprint density at radius 3 is 1.95 bits per heavy atom. The van der Waals surface area contributed by atoms with Crippen LogP contribution in [0.25, 0.3) is 21.8 Å². The van der Waals surface area contributed by atoms with Crippen LogP contribution >= 0.6 is 0 Å². The van der Waals surface area contributed by atoms with Gasteiger partial charge in [-0.2, -0.15) is 0 Å². The molecule has 44 heavy (non-hydrogen) atoms. The van der Waals surface area contributed by atoms with E-state index >= 15 is 0 Å². The van der Waals surface area contributed by atoms with E-state index in [0.717, 1.165) is 5.69 Å². The zero-order valence-electron chi connectivity index (χ0n) is 24.0. The van der Waals surface area contributed by atoms with Crippen LogP contribution in [0.15, 0.2) is 41.6 Å². The van der Waals surface area contributed by atoms with Gasteiger partial charge in [0.15, 0.2) is 0 Å². The summed E-state index contributed by atoms with van der Waals surface area (Å²) in [6.07, 6.45) is 1.65. The maximum Gasteiger partial charge on any atom is 0.317 e. The summed E-state index contributed by atoms with van der Waals surface area (Å²) in [5, 5.41) is 31.4. The minimum absolute atomic E-state index is 0. The average Bonchev–Trinajstić information content (AvgIpc) is 3.41. The third-order valence-corrected chi connectivity index (χ3v) is 7.49. The molecule has 0 atom stereocenters. The number of azide groups is 1. The molecular formula is C27H34LuN12O4. The van der Waals surface area contributed by atoms with Gasteiger partial charge in [0.2, 0.25) is 0 Å². The Hall–Kier alpha value is -3.24. The molecule has 3 aromatic rings. The first-order chi connectivity index (χ1) is 20.8. The summed E-state index contributed by atoms with van der Waals surface area (Å²) in [7, 11) is 0. The van der Waals surface area contributed by atoms with Gasteiger partial charge in [-0.1, -0.05) is 16.4 Å². The molecule has 3 aliphatic heterocycles. The predicted octanol–water partition coefficient (Wildman–Crippen LogP) is 1.13. The van der Waals surface area contributed by atoms with Crippen LogP contribution in [0.2, 0.25) is 0 Å². The zero-order chi connectivity index (χ0) is 30.2. The van der Waals surface area contributed by atoms with E-state index in [9.17, 15) is 19.8 Å². The number of aliphatic carboxylic acids is 2. The molecule has 0 saturated carbocycles. The summed E-state index contributed by atoms with van der Waals surface area (Å²) in [6.45, 7) is 5.25. The monoisotopic (exact) mass is 765 g/mol. The number of carboxylic acid groups (broad SMARTS) is 2. The van der Waals surface area contributed by atoms with Crippen molar-refractivity contribution in [1.82, 2.24) is 44.6 Å². The Morgan fingerprint density at radius 2 is 1.39 bits per heavy atom. The molecule has 2 N–H and O–H groups in total. The van der Waals surface area contributed by atoms with E-state index in [-0.39, 0.29) is 56.5 Å². The fourth-order valence-corrected chi connectivity index (χ4v) is 5.39. The standard InChI is InChI=1S/C27H34N12O4.Lu/c28-33-32-21-12-22-16-36-6-10-37(18-26(40)41)8-4-35(5-9-38(11-7-36)19-27(42)43)15-20-2-1-3-24(31-20)25-14-29-34-39(25)17-23(13-21)30-22;/h1-3,12-14H,4-11,15-19H2,(H,40,41)(H,42,43);. The topological polar surface area (TPSA) is 193 Å². The number of carbonyl (C=O) groups is 2. The quantitative estimate of drug-likeness (QED) is 0.214. The van der Waals surface area contributed by atoms with Gasteiger partial charge >= 0.3 is 11.9 Å². The number of pyridine rings is 2. The van der Waals surface area contributed by atoms with Crippen molar-refractivity contribution in [3.05, 3.63) is 64.1 Å². The second-order valence-electron chi connectivity index (χ2n) is 10.7. The second kappa shape index (κ2) is 16.2. The van der Waals surface area contributed by atoms with Crippen LogP contribution in [0.4, 0.5) is 5.69 Å². The third kappa shape index (κ3) is 9.63. The van der Waals surface area contributed by atoms with Gasteiger partial charge in [0.25, 0.3) is 0 Å². The molecule has 0 unspecified atom stereocenters. The molecule has 0 aromatic carbocycles. The fourth-order valence-electron chi connectivity index (χ4n) is 5.39. The normalized spacial score (nSPS) is 19.9. The van der Waals surface area contributed by atoms with E-state index in [1.165, 1.54) is 0 Å². The van der Waals surface area contributed by atoms with Crippen LogP contribution in [-0.4, -0.2) is 132 Å². The number of hydrogen-bond acceptors (Lipinski definition) is 11. The third-order valence-electron chi connectivity index (χ3n) is 7.49. The van der Waals surface area contributed by atoms with Crippen LogP contribution in [0.3, 0.4) is 0 Å². The Kier molecular flexibility index (Phi) is 12.4. The molecule has 1 saturated heterocycles. The summed E-state index contributed by atoms with van der Waals surface area (Å²) >= 11 is 0. The Balaban J connectivity index is 0.00000442. The van der Waals surface area contributed by atoms with Crippen LogP contribution in [0.1, 0.15) is 17.1 Å². The van der Waals surface area contributed by atoms with E-state index < -0.39 is 11.9 Å². The van der Waals surface area contributed by atoms with Gasteiger partial charge < -0.3 is 10.2 Å². The first-order valence-electron chi connectivity index (χ1n) is 14.1. The molecule has 6 bridgehead atoms. The van der Waals surface area contributed by atoms with Crippen molar-refractivity contribution in [3.63, 3.8) is 0 Å². The number of fused-ring (bicyclic) bond motifs is 8. The van der Waals surface area contributed by atoms with E-state index in [4.69, 9.17) is 15.5 Å². The molecule has 1 radical (unpaired) electrons. The molecule has 6 heterocycles. The summed E-state index contributed by atoms with van der Waals surface area (Å²) < 4.78 is 1.72. The van der Waals surface area contributed by atoms with Gasteiger partial charge in [-0.3, -0.25) is 34.2 Å². The molecule has 3 aliphatic rings. The first kappa shape index (κ1) is 33.7. The van der Waals surface area contributed by atoms with E-state index in [1.54, 1.807) is 23.0 Å². The van der Waals surface area contributed by atoms with Gasteiger partial charge in [-0.15, -0.1) is 5.10 Å². The maximum absolute atomic E-state index is 11.7. The largest absolute Gasteiger partial charge is 0.480 e. The number of carboxylic acids is 2. The van der Waals surface area contributed by atoms with Crippen molar-refractivity contribution in [2.45, 2.75) is 19.6 Å². The van der Waals surface area contributed by atoms with Crippen molar-refractivity contribution >= 4 is 17.6 Å². The number of aromatic nitrogens is 5. The number of hydrogen-bond donors (Lipinski definition) is 2. The number of rotatable bonds is 5. The van der Waals surface area contributed by atoms with Crippen molar-refractivity contribution in [2.75, 3.05) is 65.4 Å². The maximum atomic E-state index is 11.7. The molecule has 241 valence electrons. The Labute approximate surface area is 283 Å². The molecular weight excluding hydrogens is 731 g/mol. The van der Waals surface area contributed by atoms with Gasteiger partial charge in [0.05, 0.1) is 48.6 Å². The smallest absolute Gasteiger partial charge is 0.317 e. The molecule has 17 heteroatoms. The molecule has 16 nitrogen and oxygen atoms in total. The minimum atomic E-state index is -0.895. The van der Waals surface area contributed by atoms with Gasteiger partial charge in [-0.25, -0.2) is 9.67 Å². The average molecular weight is 766 g/mol. The summed E-state index contributed by atoms with van der Waals surface area (Å²) in [6, 6.07) is 9.18. The molecule has 0 spiro atoms. The van der Waals surface area contributed by atoms with Crippen LogP contribution in [0, 0.1) is 36.9 Å². The molecule has 0 aliphatic carbocycles. The second-order valence-corrected chi connectivity index (χ2v) is 10.7. The molecule has 1 fully saturated rings. The van der Waals surface area contributed by atoms with Crippen molar-refractivity contribution < 1.29 is 56.7 Å². The van der Waals surface area contributed by atoms with Crippen LogP contribution in [0.5, 0.6) is 0 Å². The number of nitrogens with zero attached hydrogens (tertiary/aromatic N) is 12. The van der Waals surface area contributed by atoms with E-state index in [1.807, 2.05) is 28.0 Å². The van der Waals surface area contributed by atoms with Crippen molar-refractivity contribution in [3.8, 4) is 11.4 Å². The zero-order valence-corrected chi connectivity index (χ0v) is 25.6. The predicted molar refractivity (Wildman–Crippen MR) is 154 cm³/mol. The van der Waals surface area contributed by atoms with E-state index in [2.05, 4.69) is 30.1 Å². The van der Waals surface area contributed by atoms with Gasteiger partial charge in [0, 0.05) is 113 Å². The summed E-state index contributed by atoms with van der Waals surface area (Å²) in [5.74, 6) is -1.79. The van der Waals surface area contributed by atoms with Gasteiger partial charge in [0.1, 0.15) is 5.69 Å². The Morgan fingerprint density at radius 1 is 0.818 bits per heavy atom. The SMILES string of the molecule is [Lu].[N-]=[N+]=Nc1cc2nc(c1)Cn1nncc1-c1cccc(n1)CN1CCN(CC(=O)O)CCN(CCN(CC(=O)O)CC1)C2. The summed E-state index contributed by atoms with van der Waals surface area (Å²) in [5.41, 5.74) is 13.1.